The summed E-state index contributed by atoms with van der Waals surface area (Å²) in [6, 6.07) is 19.7. The normalized spacial score (nSPS) is 17.6. The lowest BCUT2D eigenvalue weighted by atomic mass is 9.65. The number of ether oxygens (including phenoxy) is 2. The Labute approximate surface area is 155 Å². The van der Waals surface area contributed by atoms with E-state index < -0.39 is 6.10 Å². The van der Waals surface area contributed by atoms with Crippen LogP contribution in [-0.4, -0.2) is 12.1 Å². The lowest BCUT2D eigenvalue weighted by Gasteiger charge is -2.44. The highest BCUT2D eigenvalue weighted by molar-refractivity contribution is 5.76. The summed E-state index contributed by atoms with van der Waals surface area (Å²) >= 11 is 0. The molecule has 3 rings (SSSR count). The maximum atomic E-state index is 12.9. The van der Waals surface area contributed by atoms with E-state index in [4.69, 9.17) is 9.47 Å². The molecular formula is C23H26O3. The van der Waals surface area contributed by atoms with Gasteiger partial charge in [0.05, 0.1) is 6.10 Å². The molecule has 0 N–H and O–H groups in total. The van der Waals surface area contributed by atoms with Gasteiger partial charge in [0, 0.05) is 5.41 Å². The molecule has 0 heterocycles. The standard InChI is InChI=1S/C23H26O3/c1-3-23(15-10-16-23)21(26-18(2)20-13-8-5-9-14-20)22(24)25-17-19-11-6-4-7-12-19/h3-9,11-14,18,21H,1,10,15-17H2,2H3/t18-,21-/m1/s1. The molecule has 1 fully saturated rings. The van der Waals surface area contributed by atoms with Crippen molar-refractivity contribution in [2.75, 3.05) is 0 Å². The molecule has 2 atom stereocenters. The molecule has 0 saturated heterocycles. The first-order valence-electron chi connectivity index (χ1n) is 9.19. The molecule has 26 heavy (non-hydrogen) atoms. The highest BCUT2D eigenvalue weighted by atomic mass is 16.6. The smallest absolute Gasteiger partial charge is 0.336 e. The van der Waals surface area contributed by atoms with Crippen LogP contribution in [0.5, 0.6) is 0 Å². The quantitative estimate of drug-likeness (QED) is 0.483. The van der Waals surface area contributed by atoms with Crippen LogP contribution in [0.25, 0.3) is 0 Å². The van der Waals surface area contributed by atoms with E-state index >= 15 is 0 Å². The number of carbonyl (C=O) groups excluding carboxylic acids is 1. The Morgan fingerprint density at radius 3 is 2.27 bits per heavy atom. The summed E-state index contributed by atoms with van der Waals surface area (Å²) in [7, 11) is 0. The van der Waals surface area contributed by atoms with Gasteiger partial charge in [0.1, 0.15) is 6.61 Å². The molecule has 0 bridgehead atoms. The van der Waals surface area contributed by atoms with Crippen LogP contribution in [0.2, 0.25) is 0 Å². The average Bonchev–Trinajstić information content (AvgIpc) is 2.66. The average molecular weight is 350 g/mol. The zero-order valence-electron chi connectivity index (χ0n) is 15.3. The Hall–Kier alpha value is -2.39. The Bertz CT molecular complexity index is 720. The second-order valence-corrected chi connectivity index (χ2v) is 6.95. The number of hydrogen-bond donors (Lipinski definition) is 0. The van der Waals surface area contributed by atoms with E-state index in [1.165, 1.54) is 0 Å². The highest BCUT2D eigenvalue weighted by Gasteiger charge is 2.47. The summed E-state index contributed by atoms with van der Waals surface area (Å²) in [6.07, 6.45) is 3.95. The molecule has 0 amide bonds. The van der Waals surface area contributed by atoms with E-state index in [0.29, 0.717) is 0 Å². The Morgan fingerprint density at radius 1 is 1.12 bits per heavy atom. The third-order valence-corrected chi connectivity index (χ3v) is 5.26. The van der Waals surface area contributed by atoms with Crippen molar-refractivity contribution in [2.24, 2.45) is 5.41 Å². The minimum absolute atomic E-state index is 0.192. The van der Waals surface area contributed by atoms with Gasteiger partial charge in [0.15, 0.2) is 6.10 Å². The van der Waals surface area contributed by atoms with E-state index in [1.54, 1.807) is 0 Å². The summed E-state index contributed by atoms with van der Waals surface area (Å²) in [5.74, 6) is -0.309. The fourth-order valence-corrected chi connectivity index (χ4v) is 3.40. The molecule has 2 aromatic rings. The summed E-state index contributed by atoms with van der Waals surface area (Å²) < 4.78 is 11.8. The lowest BCUT2D eigenvalue weighted by molar-refractivity contribution is -0.176. The second-order valence-electron chi connectivity index (χ2n) is 6.95. The molecule has 0 spiro atoms. The Balaban J connectivity index is 1.73. The molecule has 2 aromatic carbocycles. The van der Waals surface area contributed by atoms with Crippen LogP contribution in [-0.2, 0) is 20.9 Å². The number of carbonyl (C=O) groups is 1. The van der Waals surface area contributed by atoms with Crippen molar-refractivity contribution >= 4 is 5.97 Å². The summed E-state index contributed by atoms with van der Waals surface area (Å²) in [5.41, 5.74) is 1.69. The largest absolute Gasteiger partial charge is 0.459 e. The van der Waals surface area contributed by atoms with Gasteiger partial charge in [-0.1, -0.05) is 73.2 Å². The molecule has 136 valence electrons. The third-order valence-electron chi connectivity index (χ3n) is 5.26. The molecular weight excluding hydrogens is 324 g/mol. The second kappa shape index (κ2) is 8.33. The number of rotatable bonds is 8. The maximum Gasteiger partial charge on any atom is 0.336 e. The fraction of sp³-hybridized carbons (Fsp3) is 0.348. The number of esters is 1. The van der Waals surface area contributed by atoms with E-state index in [0.717, 1.165) is 30.4 Å². The molecule has 3 nitrogen and oxygen atoms in total. The van der Waals surface area contributed by atoms with E-state index in [1.807, 2.05) is 73.7 Å². The van der Waals surface area contributed by atoms with E-state index in [2.05, 4.69) is 6.58 Å². The Morgan fingerprint density at radius 2 is 1.73 bits per heavy atom. The van der Waals surface area contributed by atoms with Crippen molar-refractivity contribution in [2.45, 2.75) is 45.0 Å². The van der Waals surface area contributed by atoms with Crippen molar-refractivity contribution < 1.29 is 14.3 Å². The van der Waals surface area contributed by atoms with Gasteiger partial charge in [-0.15, -0.1) is 6.58 Å². The minimum Gasteiger partial charge on any atom is -0.459 e. The summed E-state index contributed by atoms with van der Waals surface area (Å²) in [5, 5.41) is 0. The van der Waals surface area contributed by atoms with Gasteiger partial charge in [-0.25, -0.2) is 4.79 Å². The SMILES string of the molecule is C=CC1([C@H](O[C@H](C)c2ccccc2)C(=O)OCc2ccccc2)CCC1. The molecule has 1 saturated carbocycles. The zero-order valence-corrected chi connectivity index (χ0v) is 15.3. The predicted molar refractivity (Wildman–Crippen MR) is 102 cm³/mol. The van der Waals surface area contributed by atoms with Crippen LogP contribution in [0.3, 0.4) is 0 Å². The monoisotopic (exact) mass is 350 g/mol. The lowest BCUT2D eigenvalue weighted by Crippen LogP contribution is -2.47. The minimum atomic E-state index is -0.632. The molecule has 1 aliphatic rings. The van der Waals surface area contributed by atoms with Crippen molar-refractivity contribution in [3.63, 3.8) is 0 Å². The van der Waals surface area contributed by atoms with E-state index in [9.17, 15) is 4.79 Å². The van der Waals surface area contributed by atoms with Gasteiger partial charge in [-0.3, -0.25) is 0 Å². The Kier molecular flexibility index (Phi) is 5.89. The van der Waals surface area contributed by atoms with Gasteiger partial charge in [0.2, 0.25) is 0 Å². The van der Waals surface area contributed by atoms with Crippen LogP contribution < -0.4 is 0 Å². The van der Waals surface area contributed by atoms with Gasteiger partial charge >= 0.3 is 5.97 Å². The van der Waals surface area contributed by atoms with Gasteiger partial charge < -0.3 is 9.47 Å². The molecule has 3 heteroatoms. The third kappa shape index (κ3) is 4.05. The molecule has 0 unspecified atom stereocenters. The van der Waals surface area contributed by atoms with Crippen LogP contribution in [0.4, 0.5) is 0 Å². The zero-order chi connectivity index (χ0) is 18.4. The molecule has 1 aliphatic carbocycles. The first kappa shape index (κ1) is 18.4. The maximum absolute atomic E-state index is 12.9. The summed E-state index contributed by atoms with van der Waals surface area (Å²) in [6.45, 7) is 6.20. The predicted octanol–water partition coefficient (Wildman–Crippen LogP) is 5.23. The van der Waals surface area contributed by atoms with Gasteiger partial charge in [0.25, 0.3) is 0 Å². The highest BCUT2D eigenvalue weighted by Crippen LogP contribution is 2.47. The van der Waals surface area contributed by atoms with Crippen LogP contribution in [0.1, 0.15) is 43.4 Å². The van der Waals surface area contributed by atoms with Crippen molar-refractivity contribution in [1.29, 1.82) is 0 Å². The van der Waals surface area contributed by atoms with Crippen LogP contribution in [0, 0.1) is 5.41 Å². The molecule has 0 aliphatic heterocycles. The first-order chi connectivity index (χ1) is 12.6. The van der Waals surface area contributed by atoms with E-state index in [-0.39, 0.29) is 24.1 Å². The topological polar surface area (TPSA) is 35.5 Å². The van der Waals surface area contributed by atoms with Gasteiger partial charge in [-0.2, -0.15) is 0 Å². The van der Waals surface area contributed by atoms with Crippen LogP contribution >= 0.6 is 0 Å². The molecule has 0 radical (unpaired) electrons. The first-order valence-corrected chi connectivity index (χ1v) is 9.19. The van der Waals surface area contributed by atoms with Crippen molar-refractivity contribution in [1.82, 2.24) is 0 Å². The van der Waals surface area contributed by atoms with Gasteiger partial charge in [-0.05, 0) is 30.9 Å². The summed E-state index contributed by atoms with van der Waals surface area (Å²) in [4.78, 5) is 12.9. The van der Waals surface area contributed by atoms with Crippen molar-refractivity contribution in [3.8, 4) is 0 Å². The van der Waals surface area contributed by atoms with Crippen LogP contribution in [0.15, 0.2) is 73.3 Å². The number of hydrogen-bond acceptors (Lipinski definition) is 3. The molecule has 0 aromatic heterocycles. The van der Waals surface area contributed by atoms with Crippen molar-refractivity contribution in [3.05, 3.63) is 84.4 Å². The fourth-order valence-electron chi connectivity index (χ4n) is 3.40. The number of benzene rings is 2.